The molecule has 0 unspecified atom stereocenters. The Kier molecular flexibility index (Phi) is 4.13. The Balaban J connectivity index is 1.44. The molecule has 4 aliphatic heterocycles. The van der Waals surface area contributed by atoms with Crippen LogP contribution in [0.25, 0.3) is 0 Å². The van der Waals surface area contributed by atoms with Crippen LogP contribution in [-0.2, 0) is 28.9 Å². The Bertz CT molecular complexity index is 888. The van der Waals surface area contributed by atoms with Gasteiger partial charge in [-0.2, -0.15) is 10.1 Å². The number of carbonyl (C=O) groups excluding carboxylic acids is 4. The van der Waals surface area contributed by atoms with E-state index in [2.05, 4.69) is 0 Å². The number of hydrogen-bond acceptors (Lipinski definition) is 8. The zero-order valence-corrected chi connectivity index (χ0v) is 17.0. The summed E-state index contributed by atoms with van der Waals surface area (Å²) in [5.74, 6) is -2.37. The number of likely N-dealkylation sites (N-methyl/N-ethyl adjacent to an activating group) is 2. The van der Waals surface area contributed by atoms with Crippen LogP contribution in [-0.4, -0.2) is 84.0 Å². The lowest BCUT2D eigenvalue weighted by Crippen LogP contribution is -2.33. The molecule has 0 N–H and O–H groups in total. The Morgan fingerprint density at radius 1 is 0.600 bits per heavy atom. The quantitative estimate of drug-likeness (QED) is 0.597. The molecule has 0 aromatic heterocycles. The predicted octanol–water partition coefficient (Wildman–Crippen LogP) is -0.510. The highest BCUT2D eigenvalue weighted by atomic mass is 16.7. The van der Waals surface area contributed by atoms with Crippen LogP contribution in [0.2, 0.25) is 0 Å². The van der Waals surface area contributed by atoms with Gasteiger partial charge in [0, 0.05) is 28.2 Å². The summed E-state index contributed by atoms with van der Waals surface area (Å²) in [5.41, 5.74) is 1.66. The van der Waals surface area contributed by atoms with Gasteiger partial charge in [-0.3, -0.25) is 38.7 Å². The van der Waals surface area contributed by atoms with E-state index in [0.717, 1.165) is 20.9 Å². The first-order chi connectivity index (χ1) is 14.2. The predicted molar refractivity (Wildman–Crippen MR) is 99.7 cm³/mol. The molecule has 4 saturated heterocycles. The number of hydrogen-bond donors (Lipinski definition) is 0. The van der Waals surface area contributed by atoms with Gasteiger partial charge in [0.15, 0.2) is 12.2 Å². The lowest BCUT2D eigenvalue weighted by molar-refractivity contribution is -0.169. The Hall–Kier alpha value is -2.66. The van der Waals surface area contributed by atoms with Crippen molar-refractivity contribution in [2.75, 3.05) is 28.2 Å². The van der Waals surface area contributed by atoms with Crippen molar-refractivity contribution in [3.63, 3.8) is 0 Å². The van der Waals surface area contributed by atoms with E-state index in [0.29, 0.717) is 0 Å². The summed E-state index contributed by atoms with van der Waals surface area (Å²) in [6, 6.07) is 6.68. The van der Waals surface area contributed by atoms with Crippen LogP contribution in [0.15, 0.2) is 24.3 Å². The van der Waals surface area contributed by atoms with Crippen molar-refractivity contribution >= 4 is 23.6 Å². The standard InChI is InChI=1S/C20H22N4O6/c1-21-17(25)11-13(23(3)29-15(11)19(21)27)9-5-7-10(8-6-9)14-12-16(30-24(14)4)20(28)22(2)18(12)26/h5-8,11-16H,1-4H3/t11-,12-,13-,14+,15+,16+/m0/s1. The Morgan fingerprint density at radius 2 is 0.933 bits per heavy atom. The van der Waals surface area contributed by atoms with Crippen LogP contribution < -0.4 is 0 Å². The second kappa shape index (κ2) is 6.42. The van der Waals surface area contributed by atoms with E-state index in [9.17, 15) is 19.2 Å². The number of likely N-dealkylation sites (tertiary alicyclic amines) is 2. The van der Waals surface area contributed by atoms with Crippen molar-refractivity contribution in [2.24, 2.45) is 11.8 Å². The molecular formula is C20H22N4O6. The minimum atomic E-state index is -0.801. The normalized spacial score (nSPS) is 36.9. The highest BCUT2D eigenvalue weighted by Gasteiger charge is 2.59. The second-order valence-electron chi connectivity index (χ2n) is 8.22. The van der Waals surface area contributed by atoms with E-state index >= 15 is 0 Å². The lowest BCUT2D eigenvalue weighted by atomic mass is 9.87. The van der Waals surface area contributed by atoms with Gasteiger partial charge in [0.1, 0.15) is 0 Å². The number of amides is 4. The molecule has 1 aromatic rings. The van der Waals surface area contributed by atoms with Crippen LogP contribution in [0.4, 0.5) is 0 Å². The summed E-state index contributed by atoms with van der Waals surface area (Å²) in [4.78, 5) is 63.2. The van der Waals surface area contributed by atoms with E-state index in [4.69, 9.17) is 9.68 Å². The molecule has 30 heavy (non-hydrogen) atoms. The molecule has 0 bridgehead atoms. The van der Waals surface area contributed by atoms with Gasteiger partial charge in [-0.05, 0) is 11.1 Å². The van der Waals surface area contributed by atoms with E-state index in [1.165, 1.54) is 14.1 Å². The number of nitrogens with zero attached hydrogens (tertiary/aromatic N) is 4. The summed E-state index contributed by atoms with van der Waals surface area (Å²) in [5, 5.41) is 3.12. The van der Waals surface area contributed by atoms with Crippen molar-refractivity contribution in [3.8, 4) is 0 Å². The molecule has 4 fully saturated rings. The lowest BCUT2D eigenvalue weighted by Gasteiger charge is -2.25. The van der Waals surface area contributed by atoms with Crippen molar-refractivity contribution in [1.29, 1.82) is 0 Å². The summed E-state index contributed by atoms with van der Waals surface area (Å²) in [7, 11) is 6.35. The number of benzene rings is 1. The molecule has 6 atom stereocenters. The first kappa shape index (κ1) is 19.3. The molecule has 4 aliphatic rings. The number of fused-ring (bicyclic) bond motifs is 2. The third kappa shape index (κ3) is 2.38. The maximum Gasteiger partial charge on any atom is 0.261 e. The second-order valence-corrected chi connectivity index (χ2v) is 8.22. The zero-order chi connectivity index (χ0) is 21.5. The third-order valence-corrected chi connectivity index (χ3v) is 6.67. The fourth-order valence-electron chi connectivity index (χ4n) is 5.10. The van der Waals surface area contributed by atoms with Crippen LogP contribution in [0.3, 0.4) is 0 Å². The van der Waals surface area contributed by atoms with Gasteiger partial charge in [-0.25, -0.2) is 0 Å². The summed E-state index contributed by atoms with van der Waals surface area (Å²) in [6.07, 6.45) is -1.60. The Morgan fingerprint density at radius 3 is 1.27 bits per heavy atom. The number of carbonyl (C=O) groups is 4. The first-order valence-electron chi connectivity index (χ1n) is 9.74. The molecule has 0 spiro atoms. The molecule has 4 amide bonds. The minimum absolute atomic E-state index is 0.256. The van der Waals surface area contributed by atoms with Crippen molar-refractivity contribution < 1.29 is 28.9 Å². The highest BCUT2D eigenvalue weighted by Crippen LogP contribution is 2.45. The number of rotatable bonds is 2. The van der Waals surface area contributed by atoms with Gasteiger partial charge in [-0.1, -0.05) is 24.3 Å². The largest absolute Gasteiger partial charge is 0.284 e. The molecule has 4 heterocycles. The van der Waals surface area contributed by atoms with Gasteiger partial charge < -0.3 is 0 Å². The van der Waals surface area contributed by atoms with Gasteiger partial charge in [0.25, 0.3) is 11.8 Å². The number of hydroxylamine groups is 4. The molecule has 1 aromatic carbocycles. The SMILES string of the molecule is CN1C(=O)[C@@H]2[C@@H](ON(C)[C@H]2c2ccc([C@@H]3[C@@H]4C(=O)N(C)C(=O)[C@@H]4ON3C)cc2)C1=O. The zero-order valence-electron chi connectivity index (χ0n) is 17.0. The van der Waals surface area contributed by atoms with Gasteiger partial charge in [-0.15, -0.1) is 0 Å². The van der Waals surface area contributed by atoms with E-state index in [1.807, 2.05) is 24.3 Å². The molecule has 158 valence electrons. The van der Waals surface area contributed by atoms with Gasteiger partial charge in [0.2, 0.25) is 11.8 Å². The van der Waals surface area contributed by atoms with Crippen molar-refractivity contribution in [3.05, 3.63) is 35.4 Å². The monoisotopic (exact) mass is 414 g/mol. The van der Waals surface area contributed by atoms with Crippen molar-refractivity contribution in [2.45, 2.75) is 24.3 Å². The maximum absolute atomic E-state index is 12.6. The number of imide groups is 2. The van der Waals surface area contributed by atoms with Crippen LogP contribution >= 0.6 is 0 Å². The fourth-order valence-corrected chi connectivity index (χ4v) is 5.10. The van der Waals surface area contributed by atoms with Crippen LogP contribution in [0.5, 0.6) is 0 Å². The summed E-state index contributed by atoms with van der Waals surface area (Å²) in [6.45, 7) is 0. The fraction of sp³-hybridized carbons (Fsp3) is 0.500. The van der Waals surface area contributed by atoms with E-state index in [1.54, 1.807) is 24.2 Å². The molecule has 5 rings (SSSR count). The van der Waals surface area contributed by atoms with Crippen LogP contribution in [0, 0.1) is 11.8 Å². The van der Waals surface area contributed by atoms with Crippen LogP contribution in [0.1, 0.15) is 23.2 Å². The topological polar surface area (TPSA) is 99.7 Å². The molecule has 0 radical (unpaired) electrons. The Labute approximate surface area is 172 Å². The highest BCUT2D eigenvalue weighted by molar-refractivity contribution is 6.07. The average molecular weight is 414 g/mol. The first-order valence-corrected chi connectivity index (χ1v) is 9.74. The molecule has 0 saturated carbocycles. The summed E-state index contributed by atoms with van der Waals surface area (Å²) >= 11 is 0. The van der Waals surface area contributed by atoms with E-state index in [-0.39, 0.29) is 23.6 Å². The smallest absolute Gasteiger partial charge is 0.261 e. The maximum atomic E-state index is 12.6. The van der Waals surface area contributed by atoms with Gasteiger partial charge in [0.05, 0.1) is 23.9 Å². The molecule has 0 aliphatic carbocycles. The third-order valence-electron chi connectivity index (χ3n) is 6.67. The molecule has 10 nitrogen and oxygen atoms in total. The average Bonchev–Trinajstić information content (AvgIpc) is 3.37. The van der Waals surface area contributed by atoms with E-state index < -0.39 is 36.1 Å². The summed E-state index contributed by atoms with van der Waals surface area (Å²) < 4.78 is 0. The molecule has 10 heteroatoms. The molecular weight excluding hydrogens is 392 g/mol. The van der Waals surface area contributed by atoms with Crippen molar-refractivity contribution in [1.82, 2.24) is 19.9 Å². The van der Waals surface area contributed by atoms with Gasteiger partial charge >= 0.3 is 0 Å². The minimum Gasteiger partial charge on any atom is -0.284 e.